The largest absolute Gasteiger partial charge is 0.307 e. The molecule has 3 aliphatic rings. The molecule has 0 aromatic rings. The molecule has 0 amide bonds. The summed E-state index contributed by atoms with van der Waals surface area (Å²) in [6.07, 6.45) is 8.54. The molecule has 1 aliphatic heterocycles. The van der Waals surface area contributed by atoms with E-state index in [2.05, 4.69) is 4.90 Å². The monoisotopic (exact) mass is 272 g/mol. The van der Waals surface area contributed by atoms with Gasteiger partial charge in [-0.25, -0.2) is 4.39 Å². The first kappa shape index (κ1) is 13.2. The second-order valence-corrected chi connectivity index (χ2v) is 7.59. The van der Waals surface area contributed by atoms with Gasteiger partial charge in [-0.1, -0.05) is 12.8 Å². The first-order valence-electron chi connectivity index (χ1n) is 7.55. The Balaban J connectivity index is 1.57. The van der Waals surface area contributed by atoms with E-state index in [0.717, 1.165) is 37.5 Å². The SMILES string of the molecule is NC1SC2CCCCC2N1CC1CCC(F)CC1. The predicted molar refractivity (Wildman–Crippen MR) is 75.2 cm³/mol. The van der Waals surface area contributed by atoms with E-state index in [1.54, 1.807) is 0 Å². The summed E-state index contributed by atoms with van der Waals surface area (Å²) < 4.78 is 13.2. The van der Waals surface area contributed by atoms with Crippen LogP contribution in [0.3, 0.4) is 0 Å². The van der Waals surface area contributed by atoms with E-state index >= 15 is 0 Å². The molecular weight excluding hydrogens is 247 g/mol. The summed E-state index contributed by atoms with van der Waals surface area (Å²) in [6.45, 7) is 1.11. The van der Waals surface area contributed by atoms with E-state index in [1.165, 1.54) is 25.7 Å². The van der Waals surface area contributed by atoms with E-state index in [1.807, 2.05) is 11.8 Å². The minimum atomic E-state index is -0.537. The third-order valence-corrected chi connectivity index (χ3v) is 6.43. The van der Waals surface area contributed by atoms with Gasteiger partial charge in [0.1, 0.15) is 11.7 Å². The van der Waals surface area contributed by atoms with Crippen molar-refractivity contribution in [2.24, 2.45) is 11.7 Å². The standard InChI is InChI=1S/C14H25FN2S/c15-11-7-5-10(6-8-11)9-17-12-3-1-2-4-13(12)18-14(17)16/h10-14H,1-9,16H2. The van der Waals surface area contributed by atoms with Gasteiger partial charge in [-0.3, -0.25) is 4.90 Å². The Hall–Kier alpha value is 0.200. The number of thioether (sulfide) groups is 1. The fourth-order valence-electron chi connectivity index (χ4n) is 3.90. The number of hydrogen-bond acceptors (Lipinski definition) is 3. The lowest BCUT2D eigenvalue weighted by Gasteiger charge is -2.35. The highest BCUT2D eigenvalue weighted by molar-refractivity contribution is 8.00. The van der Waals surface area contributed by atoms with Crippen molar-refractivity contribution in [3.05, 3.63) is 0 Å². The van der Waals surface area contributed by atoms with E-state index in [9.17, 15) is 4.39 Å². The molecule has 3 fully saturated rings. The Morgan fingerprint density at radius 2 is 1.78 bits per heavy atom. The lowest BCUT2D eigenvalue weighted by molar-refractivity contribution is 0.115. The molecule has 0 aromatic heterocycles. The Kier molecular flexibility index (Phi) is 4.16. The summed E-state index contributed by atoms with van der Waals surface area (Å²) in [5.74, 6) is 0.685. The molecule has 104 valence electrons. The molecular formula is C14H25FN2S. The summed E-state index contributed by atoms with van der Waals surface area (Å²) >= 11 is 1.98. The second kappa shape index (κ2) is 5.68. The Labute approximate surface area is 114 Å². The number of nitrogens with two attached hydrogens (primary N) is 1. The van der Waals surface area contributed by atoms with E-state index in [-0.39, 0.29) is 5.50 Å². The summed E-state index contributed by atoms with van der Waals surface area (Å²) in [6, 6.07) is 0.710. The number of hydrogen-bond donors (Lipinski definition) is 1. The Morgan fingerprint density at radius 3 is 2.56 bits per heavy atom. The van der Waals surface area contributed by atoms with Gasteiger partial charge < -0.3 is 5.73 Å². The third kappa shape index (κ3) is 2.70. The van der Waals surface area contributed by atoms with Crippen LogP contribution in [0.25, 0.3) is 0 Å². The van der Waals surface area contributed by atoms with Gasteiger partial charge in [-0.2, -0.15) is 0 Å². The molecule has 3 unspecified atom stereocenters. The number of halogens is 1. The summed E-state index contributed by atoms with van der Waals surface area (Å²) in [5.41, 5.74) is 6.49. The fourth-order valence-corrected chi connectivity index (χ4v) is 5.44. The first-order chi connectivity index (χ1) is 8.74. The van der Waals surface area contributed by atoms with Crippen molar-refractivity contribution in [1.29, 1.82) is 0 Å². The average molecular weight is 272 g/mol. The van der Waals surface area contributed by atoms with Crippen LogP contribution in [0.4, 0.5) is 4.39 Å². The molecule has 0 radical (unpaired) electrons. The molecule has 18 heavy (non-hydrogen) atoms. The quantitative estimate of drug-likeness (QED) is 0.837. The lowest BCUT2D eigenvalue weighted by atomic mass is 9.86. The number of fused-ring (bicyclic) bond motifs is 1. The van der Waals surface area contributed by atoms with Gasteiger partial charge in [0.25, 0.3) is 0 Å². The minimum Gasteiger partial charge on any atom is -0.307 e. The molecule has 0 bridgehead atoms. The highest BCUT2D eigenvalue weighted by Gasteiger charge is 2.42. The molecule has 2 nitrogen and oxygen atoms in total. The summed E-state index contributed by atoms with van der Waals surface area (Å²) in [7, 11) is 0. The lowest BCUT2D eigenvalue weighted by Crippen LogP contribution is -2.46. The molecule has 4 heteroatoms. The zero-order valence-electron chi connectivity index (χ0n) is 11.1. The van der Waals surface area contributed by atoms with Crippen molar-refractivity contribution < 1.29 is 4.39 Å². The van der Waals surface area contributed by atoms with Crippen LogP contribution in [-0.4, -0.2) is 34.4 Å². The molecule has 1 heterocycles. The number of rotatable bonds is 2. The van der Waals surface area contributed by atoms with Crippen molar-refractivity contribution in [3.63, 3.8) is 0 Å². The van der Waals surface area contributed by atoms with Gasteiger partial charge in [0.05, 0.1) is 0 Å². The molecule has 1 saturated heterocycles. The molecule has 3 atom stereocenters. The Bertz CT molecular complexity index is 281. The van der Waals surface area contributed by atoms with Crippen LogP contribution in [0, 0.1) is 5.92 Å². The first-order valence-corrected chi connectivity index (χ1v) is 8.49. The van der Waals surface area contributed by atoms with Crippen LogP contribution in [-0.2, 0) is 0 Å². The number of nitrogens with zero attached hydrogens (tertiary/aromatic N) is 1. The average Bonchev–Trinajstić information content (AvgIpc) is 2.69. The normalized spacial score (nSPS) is 46.0. The molecule has 2 N–H and O–H groups in total. The fraction of sp³-hybridized carbons (Fsp3) is 1.00. The highest BCUT2D eigenvalue weighted by atomic mass is 32.2. The summed E-state index contributed by atoms with van der Waals surface area (Å²) in [4.78, 5) is 2.54. The second-order valence-electron chi connectivity index (χ2n) is 6.23. The third-order valence-electron chi connectivity index (χ3n) is 4.98. The van der Waals surface area contributed by atoms with Gasteiger partial charge in [0.2, 0.25) is 0 Å². The van der Waals surface area contributed by atoms with Crippen molar-refractivity contribution in [1.82, 2.24) is 4.90 Å². The van der Waals surface area contributed by atoms with Crippen molar-refractivity contribution in [3.8, 4) is 0 Å². The maximum absolute atomic E-state index is 13.2. The van der Waals surface area contributed by atoms with E-state index in [4.69, 9.17) is 5.73 Å². The van der Waals surface area contributed by atoms with Gasteiger partial charge in [0.15, 0.2) is 0 Å². The van der Waals surface area contributed by atoms with E-state index < -0.39 is 6.17 Å². The van der Waals surface area contributed by atoms with Gasteiger partial charge in [-0.15, -0.1) is 11.8 Å². The van der Waals surface area contributed by atoms with Crippen LogP contribution < -0.4 is 5.73 Å². The topological polar surface area (TPSA) is 29.3 Å². The zero-order valence-corrected chi connectivity index (χ0v) is 11.9. The smallest absolute Gasteiger partial charge is 0.106 e. The summed E-state index contributed by atoms with van der Waals surface area (Å²) in [5, 5.41) is 0.770. The minimum absolute atomic E-state index is 0.196. The van der Waals surface area contributed by atoms with Gasteiger partial charge >= 0.3 is 0 Å². The predicted octanol–water partition coefficient (Wildman–Crippen LogP) is 3.12. The van der Waals surface area contributed by atoms with Crippen LogP contribution >= 0.6 is 11.8 Å². The molecule has 0 aromatic carbocycles. The molecule has 2 saturated carbocycles. The van der Waals surface area contributed by atoms with Crippen molar-refractivity contribution in [2.45, 2.75) is 74.3 Å². The van der Waals surface area contributed by atoms with Crippen LogP contribution in [0.5, 0.6) is 0 Å². The molecule has 3 rings (SSSR count). The number of alkyl halides is 1. The van der Waals surface area contributed by atoms with Crippen molar-refractivity contribution >= 4 is 11.8 Å². The maximum Gasteiger partial charge on any atom is 0.106 e. The maximum atomic E-state index is 13.2. The van der Waals surface area contributed by atoms with Crippen LogP contribution in [0.1, 0.15) is 51.4 Å². The van der Waals surface area contributed by atoms with Gasteiger partial charge in [-0.05, 0) is 44.4 Å². The van der Waals surface area contributed by atoms with Crippen LogP contribution in [0.2, 0.25) is 0 Å². The Morgan fingerprint density at radius 1 is 1.06 bits per heavy atom. The zero-order chi connectivity index (χ0) is 12.5. The van der Waals surface area contributed by atoms with Crippen molar-refractivity contribution in [2.75, 3.05) is 6.54 Å². The van der Waals surface area contributed by atoms with Gasteiger partial charge in [0, 0.05) is 17.8 Å². The van der Waals surface area contributed by atoms with E-state index in [0.29, 0.717) is 12.0 Å². The van der Waals surface area contributed by atoms with Crippen LogP contribution in [0.15, 0.2) is 0 Å². The molecule has 0 spiro atoms. The highest BCUT2D eigenvalue weighted by Crippen LogP contribution is 2.42. The molecule has 2 aliphatic carbocycles.